The lowest BCUT2D eigenvalue weighted by Crippen LogP contribution is -2.13. The summed E-state index contributed by atoms with van der Waals surface area (Å²) >= 11 is 0. The molecule has 2 aromatic rings. The highest BCUT2D eigenvalue weighted by molar-refractivity contribution is 6.01. The van der Waals surface area contributed by atoms with Crippen LogP contribution in [-0.2, 0) is 4.79 Å². The standard InChI is InChI=1S/C14H16N4O2/c1-10-4-5-12(20-10)6-7-13(19)17-11-8-15-14(16-9-11)18(2)3/h4-9H,1-3H3,(H,17,19). The molecule has 0 saturated heterocycles. The van der Waals surface area contributed by atoms with Gasteiger partial charge in [-0.25, -0.2) is 9.97 Å². The Bertz CT molecular complexity index is 614. The number of nitrogens with one attached hydrogen (secondary N) is 1. The van der Waals surface area contributed by atoms with Crippen molar-refractivity contribution in [1.29, 1.82) is 0 Å². The summed E-state index contributed by atoms with van der Waals surface area (Å²) in [6, 6.07) is 3.64. The van der Waals surface area contributed by atoms with Crippen molar-refractivity contribution in [2.24, 2.45) is 0 Å². The van der Waals surface area contributed by atoms with Gasteiger partial charge in [-0.2, -0.15) is 0 Å². The zero-order valence-electron chi connectivity index (χ0n) is 11.6. The molecule has 0 unspecified atom stereocenters. The smallest absolute Gasteiger partial charge is 0.248 e. The molecule has 2 aromatic heterocycles. The van der Waals surface area contributed by atoms with Crippen LogP contribution in [0.2, 0.25) is 0 Å². The molecule has 0 aromatic carbocycles. The summed E-state index contributed by atoms with van der Waals surface area (Å²) in [6.45, 7) is 1.85. The van der Waals surface area contributed by atoms with Crippen molar-refractivity contribution in [3.8, 4) is 0 Å². The molecule has 104 valence electrons. The fraction of sp³-hybridized carbons (Fsp3) is 0.214. The molecule has 6 nitrogen and oxygen atoms in total. The third-order valence-electron chi connectivity index (χ3n) is 2.47. The van der Waals surface area contributed by atoms with E-state index < -0.39 is 0 Å². The molecule has 2 rings (SSSR count). The van der Waals surface area contributed by atoms with Crippen molar-refractivity contribution in [3.63, 3.8) is 0 Å². The van der Waals surface area contributed by atoms with Crippen molar-refractivity contribution in [1.82, 2.24) is 9.97 Å². The molecule has 6 heteroatoms. The van der Waals surface area contributed by atoms with E-state index in [9.17, 15) is 4.79 Å². The molecule has 20 heavy (non-hydrogen) atoms. The van der Waals surface area contributed by atoms with E-state index in [1.807, 2.05) is 27.1 Å². The lowest BCUT2D eigenvalue weighted by Gasteiger charge is -2.09. The number of aryl methyl sites for hydroxylation is 1. The summed E-state index contributed by atoms with van der Waals surface area (Å²) in [7, 11) is 3.70. The van der Waals surface area contributed by atoms with Crippen molar-refractivity contribution < 1.29 is 9.21 Å². The second-order valence-corrected chi connectivity index (χ2v) is 4.44. The first kappa shape index (κ1) is 13.8. The molecule has 0 aliphatic heterocycles. The average molecular weight is 272 g/mol. The molecule has 0 bridgehead atoms. The number of rotatable bonds is 4. The highest BCUT2D eigenvalue weighted by Gasteiger charge is 2.02. The molecule has 0 saturated carbocycles. The maximum atomic E-state index is 11.7. The molecule has 0 atom stereocenters. The quantitative estimate of drug-likeness (QED) is 0.863. The normalized spacial score (nSPS) is 10.8. The van der Waals surface area contributed by atoms with Gasteiger partial charge >= 0.3 is 0 Å². The van der Waals surface area contributed by atoms with E-state index in [1.54, 1.807) is 29.4 Å². The molecular formula is C14H16N4O2. The lowest BCUT2D eigenvalue weighted by molar-refractivity contribution is -0.111. The highest BCUT2D eigenvalue weighted by atomic mass is 16.3. The number of carbonyl (C=O) groups is 1. The number of carbonyl (C=O) groups excluding carboxylic acids is 1. The number of furan rings is 1. The van der Waals surface area contributed by atoms with Gasteiger partial charge in [0.1, 0.15) is 11.5 Å². The number of anilines is 2. The number of aromatic nitrogens is 2. The number of nitrogens with zero attached hydrogens (tertiary/aromatic N) is 3. The first-order chi connectivity index (χ1) is 9.54. The van der Waals surface area contributed by atoms with Crippen LogP contribution in [0.25, 0.3) is 6.08 Å². The Balaban J connectivity index is 1.95. The summed E-state index contributed by atoms with van der Waals surface area (Å²) < 4.78 is 5.33. The Morgan fingerprint density at radius 3 is 2.55 bits per heavy atom. The topological polar surface area (TPSA) is 71.3 Å². The van der Waals surface area contributed by atoms with Gasteiger partial charge in [0.05, 0.1) is 18.1 Å². The Morgan fingerprint density at radius 2 is 2.00 bits per heavy atom. The summed E-state index contributed by atoms with van der Waals surface area (Å²) in [5.74, 6) is 1.76. The van der Waals surface area contributed by atoms with Gasteiger partial charge in [0.25, 0.3) is 0 Å². The lowest BCUT2D eigenvalue weighted by atomic mass is 10.3. The van der Waals surface area contributed by atoms with E-state index in [0.717, 1.165) is 5.76 Å². The molecule has 1 amide bonds. The third-order valence-corrected chi connectivity index (χ3v) is 2.47. The molecule has 2 heterocycles. The Morgan fingerprint density at radius 1 is 1.30 bits per heavy atom. The molecule has 1 N–H and O–H groups in total. The summed E-state index contributed by atoms with van der Waals surface area (Å²) in [5.41, 5.74) is 0.542. The second-order valence-electron chi connectivity index (χ2n) is 4.44. The van der Waals surface area contributed by atoms with E-state index >= 15 is 0 Å². The minimum Gasteiger partial charge on any atom is -0.462 e. The zero-order chi connectivity index (χ0) is 14.5. The van der Waals surface area contributed by atoms with E-state index in [-0.39, 0.29) is 5.91 Å². The van der Waals surface area contributed by atoms with Crippen LogP contribution in [0.1, 0.15) is 11.5 Å². The first-order valence-electron chi connectivity index (χ1n) is 6.09. The molecule has 0 aliphatic carbocycles. The number of amides is 1. The zero-order valence-corrected chi connectivity index (χ0v) is 11.6. The van der Waals surface area contributed by atoms with Gasteiger partial charge < -0.3 is 14.6 Å². The van der Waals surface area contributed by atoms with Crippen LogP contribution in [0.15, 0.2) is 35.0 Å². The first-order valence-corrected chi connectivity index (χ1v) is 6.09. The maximum Gasteiger partial charge on any atom is 0.248 e. The van der Waals surface area contributed by atoms with Crippen LogP contribution in [0.3, 0.4) is 0 Å². The monoisotopic (exact) mass is 272 g/mol. The van der Waals surface area contributed by atoms with Crippen molar-refractivity contribution >= 4 is 23.6 Å². The van der Waals surface area contributed by atoms with Crippen LogP contribution >= 0.6 is 0 Å². The SMILES string of the molecule is Cc1ccc(C=CC(=O)Nc2cnc(N(C)C)nc2)o1. The molecule has 0 radical (unpaired) electrons. The van der Waals surface area contributed by atoms with Crippen LogP contribution in [0.5, 0.6) is 0 Å². The molecule has 0 spiro atoms. The van der Waals surface area contributed by atoms with Crippen LogP contribution in [0.4, 0.5) is 11.6 Å². The van der Waals surface area contributed by atoms with E-state index in [2.05, 4.69) is 15.3 Å². The van der Waals surface area contributed by atoms with Gasteiger partial charge in [-0.15, -0.1) is 0 Å². The second kappa shape index (κ2) is 6.01. The Kier molecular flexibility index (Phi) is 4.14. The summed E-state index contributed by atoms with van der Waals surface area (Å²) in [5, 5.41) is 2.67. The fourth-order valence-electron chi connectivity index (χ4n) is 1.50. The fourth-order valence-corrected chi connectivity index (χ4v) is 1.50. The van der Waals surface area contributed by atoms with Crippen molar-refractivity contribution in [2.45, 2.75) is 6.92 Å². The molecule has 0 aliphatic rings. The predicted octanol–water partition coefficient (Wildman–Crippen LogP) is 2.10. The number of hydrogen-bond acceptors (Lipinski definition) is 5. The molecular weight excluding hydrogens is 256 g/mol. The Hall–Kier alpha value is -2.63. The van der Waals surface area contributed by atoms with E-state index in [4.69, 9.17) is 4.42 Å². The van der Waals surface area contributed by atoms with Gasteiger partial charge in [-0.05, 0) is 25.1 Å². The minimum atomic E-state index is -0.264. The van der Waals surface area contributed by atoms with E-state index in [1.165, 1.54) is 6.08 Å². The summed E-state index contributed by atoms with van der Waals surface area (Å²) in [4.78, 5) is 21.7. The van der Waals surface area contributed by atoms with Gasteiger partial charge in [0.2, 0.25) is 11.9 Å². The van der Waals surface area contributed by atoms with Gasteiger partial charge in [-0.1, -0.05) is 0 Å². The van der Waals surface area contributed by atoms with Gasteiger partial charge in [0, 0.05) is 20.2 Å². The number of hydrogen-bond donors (Lipinski definition) is 1. The van der Waals surface area contributed by atoms with Crippen molar-refractivity contribution in [3.05, 3.63) is 42.1 Å². The summed E-state index contributed by atoms with van der Waals surface area (Å²) in [6.07, 6.45) is 6.13. The van der Waals surface area contributed by atoms with Crippen LogP contribution in [0, 0.1) is 6.92 Å². The Labute approximate surface area is 117 Å². The van der Waals surface area contributed by atoms with Crippen LogP contribution < -0.4 is 10.2 Å². The predicted molar refractivity (Wildman–Crippen MR) is 77.5 cm³/mol. The minimum absolute atomic E-state index is 0.264. The van der Waals surface area contributed by atoms with Crippen LogP contribution in [-0.4, -0.2) is 30.0 Å². The van der Waals surface area contributed by atoms with Gasteiger partial charge in [0.15, 0.2) is 0 Å². The van der Waals surface area contributed by atoms with Crippen molar-refractivity contribution in [2.75, 3.05) is 24.3 Å². The van der Waals surface area contributed by atoms with E-state index in [0.29, 0.717) is 17.4 Å². The highest BCUT2D eigenvalue weighted by Crippen LogP contribution is 2.09. The average Bonchev–Trinajstić information content (AvgIpc) is 2.83. The third kappa shape index (κ3) is 3.68. The maximum absolute atomic E-state index is 11.7. The van der Waals surface area contributed by atoms with Gasteiger partial charge in [-0.3, -0.25) is 4.79 Å². The largest absolute Gasteiger partial charge is 0.462 e. The molecule has 0 fully saturated rings.